The molecular weight excluding hydrogens is 304 g/mol. The fourth-order valence-corrected chi connectivity index (χ4v) is 3.36. The van der Waals surface area contributed by atoms with Gasteiger partial charge in [0.25, 0.3) is 0 Å². The lowest BCUT2D eigenvalue weighted by Crippen LogP contribution is -2.44. The van der Waals surface area contributed by atoms with E-state index < -0.39 is 0 Å². The Kier molecular flexibility index (Phi) is 4.90. The first kappa shape index (κ1) is 16.6. The van der Waals surface area contributed by atoms with Crippen molar-refractivity contribution >= 4 is 16.8 Å². The number of nitrogens with one attached hydrogen (secondary N) is 1. The minimum absolute atomic E-state index is 0.0194. The summed E-state index contributed by atoms with van der Waals surface area (Å²) in [4.78, 5) is 14.2. The summed E-state index contributed by atoms with van der Waals surface area (Å²) < 4.78 is 5.50. The Balaban J connectivity index is 1.81. The Morgan fingerprint density at radius 3 is 2.96 bits per heavy atom. The van der Waals surface area contributed by atoms with Crippen LogP contribution in [0.3, 0.4) is 0 Å². The standard InChI is InChI=1S/C19H24N2O3/c1-13(20-19(23)21-9-5-7-16(21)12-22)15-10-14-6-3-4-8-17(14)18(11-15)24-2/h3-4,6,8,10-11,13,16,22H,5,7,9,12H2,1-2H3,(H,20,23)/t13?,16-/m1/s1. The molecule has 0 spiro atoms. The first-order valence-electron chi connectivity index (χ1n) is 8.38. The second kappa shape index (κ2) is 7.09. The van der Waals surface area contributed by atoms with Gasteiger partial charge in [-0.1, -0.05) is 24.3 Å². The van der Waals surface area contributed by atoms with Crippen LogP contribution < -0.4 is 10.1 Å². The van der Waals surface area contributed by atoms with Gasteiger partial charge in [-0.2, -0.15) is 0 Å². The molecule has 0 bridgehead atoms. The summed E-state index contributed by atoms with van der Waals surface area (Å²) in [7, 11) is 1.66. The van der Waals surface area contributed by atoms with Gasteiger partial charge in [-0.05, 0) is 42.8 Å². The van der Waals surface area contributed by atoms with Gasteiger partial charge in [0, 0.05) is 11.9 Å². The summed E-state index contributed by atoms with van der Waals surface area (Å²) in [5.41, 5.74) is 0.999. The van der Waals surface area contributed by atoms with Crippen molar-refractivity contribution in [2.24, 2.45) is 0 Å². The van der Waals surface area contributed by atoms with Crippen LogP contribution in [0, 0.1) is 0 Å². The number of amides is 2. The number of hydrogen-bond donors (Lipinski definition) is 2. The molecule has 128 valence electrons. The number of rotatable bonds is 4. The predicted molar refractivity (Wildman–Crippen MR) is 94.3 cm³/mol. The fraction of sp³-hybridized carbons (Fsp3) is 0.421. The van der Waals surface area contributed by atoms with E-state index in [1.54, 1.807) is 12.0 Å². The van der Waals surface area contributed by atoms with E-state index in [0.29, 0.717) is 6.54 Å². The number of urea groups is 1. The Labute approximate surface area is 142 Å². The number of ether oxygens (including phenoxy) is 1. The van der Waals surface area contributed by atoms with Crippen molar-refractivity contribution in [3.05, 3.63) is 42.0 Å². The van der Waals surface area contributed by atoms with Gasteiger partial charge in [-0.25, -0.2) is 4.79 Å². The fourth-order valence-electron chi connectivity index (χ4n) is 3.36. The van der Waals surface area contributed by atoms with Crippen molar-refractivity contribution in [3.8, 4) is 5.75 Å². The minimum atomic E-state index is -0.143. The van der Waals surface area contributed by atoms with Crippen LogP contribution in [0.4, 0.5) is 4.79 Å². The maximum atomic E-state index is 12.5. The van der Waals surface area contributed by atoms with Crippen LogP contribution in [0.1, 0.15) is 31.4 Å². The Hall–Kier alpha value is -2.27. The molecule has 2 N–H and O–H groups in total. The largest absolute Gasteiger partial charge is 0.496 e. The number of nitrogens with zero attached hydrogens (tertiary/aromatic N) is 1. The van der Waals surface area contributed by atoms with Gasteiger partial charge in [-0.3, -0.25) is 0 Å². The molecule has 1 aliphatic rings. The molecule has 0 aliphatic carbocycles. The number of hydrogen-bond acceptors (Lipinski definition) is 3. The molecule has 2 atom stereocenters. The molecule has 1 saturated heterocycles. The zero-order valence-electron chi connectivity index (χ0n) is 14.2. The number of aliphatic hydroxyl groups excluding tert-OH is 1. The highest BCUT2D eigenvalue weighted by Gasteiger charge is 2.28. The number of carbonyl (C=O) groups is 1. The third-order valence-electron chi connectivity index (χ3n) is 4.75. The van der Waals surface area contributed by atoms with Gasteiger partial charge in [0.15, 0.2) is 0 Å². The highest BCUT2D eigenvalue weighted by molar-refractivity contribution is 5.89. The number of methoxy groups -OCH3 is 1. The first-order chi connectivity index (χ1) is 11.6. The van der Waals surface area contributed by atoms with Gasteiger partial charge < -0.3 is 20.1 Å². The average Bonchev–Trinajstić information content (AvgIpc) is 3.09. The number of fused-ring (bicyclic) bond motifs is 1. The maximum absolute atomic E-state index is 12.5. The van der Waals surface area contributed by atoms with Crippen molar-refractivity contribution in [2.75, 3.05) is 20.3 Å². The number of benzene rings is 2. The number of aliphatic hydroxyl groups is 1. The Bertz CT molecular complexity index is 732. The number of carbonyl (C=O) groups excluding carboxylic acids is 1. The highest BCUT2D eigenvalue weighted by atomic mass is 16.5. The van der Waals surface area contributed by atoms with Crippen molar-refractivity contribution in [2.45, 2.75) is 31.8 Å². The van der Waals surface area contributed by atoms with Crippen LogP contribution >= 0.6 is 0 Å². The van der Waals surface area contributed by atoms with Crippen molar-refractivity contribution in [3.63, 3.8) is 0 Å². The van der Waals surface area contributed by atoms with Crippen LogP contribution in [-0.4, -0.2) is 42.3 Å². The van der Waals surface area contributed by atoms with E-state index >= 15 is 0 Å². The molecule has 2 aromatic carbocycles. The molecule has 5 nitrogen and oxygen atoms in total. The molecule has 0 saturated carbocycles. The smallest absolute Gasteiger partial charge is 0.318 e. The molecule has 1 unspecified atom stereocenters. The summed E-state index contributed by atoms with van der Waals surface area (Å²) in [6.45, 7) is 2.68. The molecule has 24 heavy (non-hydrogen) atoms. The van der Waals surface area contributed by atoms with E-state index in [1.165, 1.54) is 0 Å². The lowest BCUT2D eigenvalue weighted by molar-refractivity contribution is 0.155. The van der Waals surface area contributed by atoms with Crippen molar-refractivity contribution in [1.29, 1.82) is 0 Å². The molecule has 0 aromatic heterocycles. The summed E-state index contributed by atoms with van der Waals surface area (Å²) in [5, 5.41) is 14.6. The molecule has 2 amide bonds. The highest BCUT2D eigenvalue weighted by Crippen LogP contribution is 2.30. The van der Waals surface area contributed by atoms with Crippen LogP contribution in [0.25, 0.3) is 10.8 Å². The quantitative estimate of drug-likeness (QED) is 0.907. The van der Waals surface area contributed by atoms with Gasteiger partial charge in [-0.15, -0.1) is 0 Å². The van der Waals surface area contributed by atoms with Crippen LogP contribution in [0.15, 0.2) is 36.4 Å². The molecule has 3 rings (SSSR count). The van der Waals surface area contributed by atoms with Crippen molar-refractivity contribution < 1.29 is 14.6 Å². The summed E-state index contributed by atoms with van der Waals surface area (Å²) in [6, 6.07) is 11.8. The Morgan fingerprint density at radius 1 is 1.42 bits per heavy atom. The summed E-state index contributed by atoms with van der Waals surface area (Å²) in [6.07, 6.45) is 1.80. The van der Waals surface area contributed by atoms with E-state index in [4.69, 9.17) is 4.74 Å². The zero-order valence-corrected chi connectivity index (χ0v) is 14.2. The second-order valence-corrected chi connectivity index (χ2v) is 6.29. The third kappa shape index (κ3) is 3.17. The second-order valence-electron chi connectivity index (χ2n) is 6.29. The van der Waals surface area contributed by atoms with Gasteiger partial charge in [0.1, 0.15) is 5.75 Å². The molecule has 1 fully saturated rings. The third-order valence-corrected chi connectivity index (χ3v) is 4.75. The Morgan fingerprint density at radius 2 is 2.21 bits per heavy atom. The van der Waals surface area contributed by atoms with Gasteiger partial charge >= 0.3 is 6.03 Å². The van der Waals surface area contributed by atoms with Gasteiger partial charge in [0.05, 0.1) is 25.8 Å². The average molecular weight is 328 g/mol. The lowest BCUT2D eigenvalue weighted by atomic mass is 10.0. The molecule has 2 aromatic rings. The summed E-state index contributed by atoms with van der Waals surface area (Å²) in [5.74, 6) is 0.804. The summed E-state index contributed by atoms with van der Waals surface area (Å²) >= 11 is 0. The topological polar surface area (TPSA) is 61.8 Å². The maximum Gasteiger partial charge on any atom is 0.318 e. The molecule has 1 heterocycles. The SMILES string of the molecule is COc1cc(C(C)NC(=O)N2CCC[C@@H]2CO)cc2ccccc12. The molecule has 0 radical (unpaired) electrons. The molecule has 1 aliphatic heterocycles. The van der Waals surface area contributed by atoms with E-state index in [1.807, 2.05) is 37.3 Å². The predicted octanol–water partition coefficient (Wildman–Crippen LogP) is 3.08. The van der Waals surface area contributed by atoms with Crippen molar-refractivity contribution in [1.82, 2.24) is 10.2 Å². The molecular formula is C19H24N2O3. The van der Waals surface area contributed by atoms with Gasteiger partial charge in [0.2, 0.25) is 0 Å². The van der Waals surface area contributed by atoms with Crippen LogP contribution in [0.5, 0.6) is 5.75 Å². The van der Waals surface area contributed by atoms with E-state index in [-0.39, 0.29) is 24.7 Å². The van der Waals surface area contributed by atoms with Crippen LogP contribution in [-0.2, 0) is 0 Å². The monoisotopic (exact) mass is 328 g/mol. The normalized spacial score (nSPS) is 18.6. The van der Waals surface area contributed by atoms with Crippen LogP contribution in [0.2, 0.25) is 0 Å². The molecule has 5 heteroatoms. The number of likely N-dealkylation sites (tertiary alicyclic amines) is 1. The van der Waals surface area contributed by atoms with E-state index in [0.717, 1.165) is 34.9 Å². The lowest BCUT2D eigenvalue weighted by Gasteiger charge is -2.26. The zero-order chi connectivity index (χ0) is 17.1. The minimum Gasteiger partial charge on any atom is -0.496 e. The first-order valence-corrected chi connectivity index (χ1v) is 8.38. The van der Waals surface area contributed by atoms with E-state index in [9.17, 15) is 9.90 Å². The van der Waals surface area contributed by atoms with E-state index in [2.05, 4.69) is 11.4 Å².